The maximum absolute atomic E-state index is 5.43. The molecule has 12 heavy (non-hydrogen) atoms. The number of aromatic nitrogens is 4. The summed E-state index contributed by atoms with van der Waals surface area (Å²) in [7, 11) is 0. The molecule has 0 aliphatic carbocycles. The second-order valence-corrected chi connectivity index (χ2v) is 3.30. The Labute approximate surface area is 72.8 Å². The summed E-state index contributed by atoms with van der Waals surface area (Å²) in [6.07, 6.45) is 0. The second kappa shape index (κ2) is 2.56. The van der Waals surface area contributed by atoms with Crippen molar-refractivity contribution in [1.82, 2.24) is 19.6 Å². The summed E-state index contributed by atoms with van der Waals surface area (Å²) in [6, 6.07) is 1.71. The van der Waals surface area contributed by atoms with Gasteiger partial charge in [-0.2, -0.15) is 9.47 Å². The Hall–Kier alpha value is -1.43. The molecule has 0 fully saturated rings. The molecule has 6 heteroatoms. The molecular formula is C6H7N5S. The zero-order chi connectivity index (χ0) is 8.55. The van der Waals surface area contributed by atoms with E-state index in [4.69, 9.17) is 5.73 Å². The number of rotatable bonds is 1. The molecule has 0 bridgehead atoms. The van der Waals surface area contributed by atoms with Gasteiger partial charge in [-0.25, -0.2) is 4.98 Å². The fraction of sp³-hybridized carbons (Fsp3) is 0.167. The summed E-state index contributed by atoms with van der Waals surface area (Å²) < 4.78 is 4.10. The van der Waals surface area contributed by atoms with Crippen LogP contribution in [0, 0.1) is 6.92 Å². The van der Waals surface area contributed by atoms with E-state index in [1.807, 2.05) is 6.92 Å². The first-order valence-corrected chi connectivity index (χ1v) is 4.14. The number of nitrogens with one attached hydrogen (secondary N) is 1. The second-order valence-electron chi connectivity index (χ2n) is 2.34. The van der Waals surface area contributed by atoms with Crippen LogP contribution in [0.25, 0.3) is 11.5 Å². The van der Waals surface area contributed by atoms with Gasteiger partial charge in [0.2, 0.25) is 0 Å². The monoisotopic (exact) mass is 181 g/mol. The highest BCUT2D eigenvalue weighted by Gasteiger charge is 2.05. The van der Waals surface area contributed by atoms with Gasteiger partial charge in [0.25, 0.3) is 0 Å². The van der Waals surface area contributed by atoms with E-state index in [0.717, 1.165) is 10.7 Å². The zero-order valence-electron chi connectivity index (χ0n) is 6.40. The third-order valence-electron chi connectivity index (χ3n) is 1.37. The molecule has 62 valence electrons. The lowest BCUT2D eigenvalue weighted by molar-refractivity contribution is 1.08. The number of H-pyrrole nitrogens is 1. The van der Waals surface area contributed by atoms with Gasteiger partial charge in [-0.05, 0) is 18.5 Å². The van der Waals surface area contributed by atoms with Crippen LogP contribution >= 0.6 is 11.5 Å². The van der Waals surface area contributed by atoms with Crippen LogP contribution in [0.2, 0.25) is 0 Å². The highest BCUT2D eigenvalue weighted by Crippen LogP contribution is 2.16. The van der Waals surface area contributed by atoms with Crippen LogP contribution in [-0.2, 0) is 0 Å². The first-order valence-electron chi connectivity index (χ1n) is 3.37. The molecule has 2 heterocycles. The van der Waals surface area contributed by atoms with Gasteiger partial charge in [0.05, 0.1) is 0 Å². The van der Waals surface area contributed by atoms with Gasteiger partial charge in [-0.3, -0.25) is 5.10 Å². The van der Waals surface area contributed by atoms with Gasteiger partial charge in [0.15, 0.2) is 5.82 Å². The molecule has 2 aromatic rings. The molecule has 0 aromatic carbocycles. The van der Waals surface area contributed by atoms with Gasteiger partial charge < -0.3 is 5.73 Å². The van der Waals surface area contributed by atoms with Gasteiger partial charge in [0, 0.05) is 6.07 Å². The maximum Gasteiger partial charge on any atom is 0.191 e. The van der Waals surface area contributed by atoms with Crippen LogP contribution in [0.1, 0.15) is 5.01 Å². The van der Waals surface area contributed by atoms with Crippen LogP contribution in [0.15, 0.2) is 6.07 Å². The number of nitrogen functional groups attached to an aromatic ring is 1. The van der Waals surface area contributed by atoms with Gasteiger partial charge in [-0.15, -0.1) is 0 Å². The molecule has 0 unspecified atom stereocenters. The molecule has 2 aromatic heterocycles. The minimum Gasteiger partial charge on any atom is -0.382 e. The molecule has 0 amide bonds. The Kier molecular flexibility index (Phi) is 1.54. The lowest BCUT2D eigenvalue weighted by atomic mass is 10.4. The van der Waals surface area contributed by atoms with E-state index in [2.05, 4.69) is 19.6 Å². The number of nitrogens with zero attached hydrogens (tertiary/aromatic N) is 3. The number of aryl methyl sites for hydroxylation is 1. The van der Waals surface area contributed by atoms with Crippen molar-refractivity contribution in [2.75, 3.05) is 5.73 Å². The normalized spacial score (nSPS) is 10.4. The fourth-order valence-electron chi connectivity index (χ4n) is 0.860. The van der Waals surface area contributed by atoms with Crippen molar-refractivity contribution in [3.8, 4) is 11.5 Å². The Bertz CT molecular complexity index is 352. The average molecular weight is 181 g/mol. The van der Waals surface area contributed by atoms with E-state index in [1.54, 1.807) is 6.07 Å². The predicted molar refractivity (Wildman–Crippen MR) is 46.6 cm³/mol. The Morgan fingerprint density at radius 1 is 1.58 bits per heavy atom. The Balaban J connectivity index is 2.43. The highest BCUT2D eigenvalue weighted by atomic mass is 32.1. The van der Waals surface area contributed by atoms with Crippen LogP contribution in [0.5, 0.6) is 0 Å². The quantitative estimate of drug-likeness (QED) is 0.682. The van der Waals surface area contributed by atoms with Gasteiger partial charge in [-0.1, -0.05) is 0 Å². The lowest BCUT2D eigenvalue weighted by Gasteiger charge is -1.83. The molecule has 0 atom stereocenters. The Morgan fingerprint density at radius 2 is 2.42 bits per heavy atom. The smallest absolute Gasteiger partial charge is 0.191 e. The number of aromatic amines is 1. The lowest BCUT2D eigenvalue weighted by Crippen LogP contribution is -1.81. The largest absolute Gasteiger partial charge is 0.382 e. The molecule has 0 radical (unpaired) electrons. The van der Waals surface area contributed by atoms with Crippen LogP contribution in [0.3, 0.4) is 0 Å². The Morgan fingerprint density at radius 3 is 2.92 bits per heavy atom. The zero-order valence-corrected chi connectivity index (χ0v) is 7.22. The average Bonchev–Trinajstić information content (AvgIpc) is 2.58. The third kappa shape index (κ3) is 1.16. The van der Waals surface area contributed by atoms with Crippen molar-refractivity contribution in [3.05, 3.63) is 11.1 Å². The van der Waals surface area contributed by atoms with Crippen molar-refractivity contribution in [3.63, 3.8) is 0 Å². The van der Waals surface area contributed by atoms with Crippen molar-refractivity contribution < 1.29 is 0 Å². The SMILES string of the molecule is Cc1nc(-c2cc(N)n[nH]2)ns1. The minimum atomic E-state index is 0.456. The van der Waals surface area contributed by atoms with Crippen LogP contribution in [-0.4, -0.2) is 19.6 Å². The molecule has 3 N–H and O–H groups in total. The summed E-state index contributed by atoms with van der Waals surface area (Å²) >= 11 is 1.36. The minimum absolute atomic E-state index is 0.456. The van der Waals surface area contributed by atoms with Crippen molar-refractivity contribution in [2.45, 2.75) is 6.92 Å². The van der Waals surface area contributed by atoms with Crippen molar-refractivity contribution in [2.24, 2.45) is 0 Å². The number of anilines is 1. The molecule has 0 saturated heterocycles. The molecular weight excluding hydrogens is 174 g/mol. The van der Waals surface area contributed by atoms with Crippen molar-refractivity contribution in [1.29, 1.82) is 0 Å². The predicted octanol–water partition coefficient (Wildman–Crippen LogP) is 0.819. The number of hydrogen-bond donors (Lipinski definition) is 2. The standard InChI is InChI=1S/C6H7N5S/c1-3-8-6(11-12-3)4-2-5(7)10-9-4/h2H,1H3,(H3,7,9,10). The van der Waals surface area contributed by atoms with Gasteiger partial charge in [0.1, 0.15) is 16.5 Å². The van der Waals surface area contributed by atoms with E-state index in [9.17, 15) is 0 Å². The maximum atomic E-state index is 5.43. The number of nitrogens with two attached hydrogens (primary N) is 1. The summed E-state index contributed by atoms with van der Waals surface area (Å²) in [5.74, 6) is 1.11. The topological polar surface area (TPSA) is 80.5 Å². The summed E-state index contributed by atoms with van der Waals surface area (Å²) in [6.45, 7) is 1.90. The van der Waals surface area contributed by atoms with Crippen LogP contribution in [0.4, 0.5) is 5.82 Å². The highest BCUT2D eigenvalue weighted by molar-refractivity contribution is 7.05. The third-order valence-corrected chi connectivity index (χ3v) is 1.99. The molecule has 0 aliphatic heterocycles. The summed E-state index contributed by atoms with van der Waals surface area (Å²) in [5, 5.41) is 7.45. The van der Waals surface area contributed by atoms with E-state index in [-0.39, 0.29) is 0 Å². The summed E-state index contributed by atoms with van der Waals surface area (Å²) in [5.41, 5.74) is 6.19. The van der Waals surface area contributed by atoms with E-state index in [1.165, 1.54) is 11.5 Å². The van der Waals surface area contributed by atoms with E-state index >= 15 is 0 Å². The molecule has 2 rings (SSSR count). The molecule has 5 nitrogen and oxygen atoms in total. The van der Waals surface area contributed by atoms with Crippen molar-refractivity contribution >= 4 is 17.4 Å². The van der Waals surface area contributed by atoms with Crippen LogP contribution < -0.4 is 5.73 Å². The molecule has 0 saturated carbocycles. The summed E-state index contributed by atoms with van der Waals surface area (Å²) in [4.78, 5) is 4.17. The number of hydrogen-bond acceptors (Lipinski definition) is 5. The van der Waals surface area contributed by atoms with Gasteiger partial charge >= 0.3 is 0 Å². The van der Waals surface area contributed by atoms with E-state index < -0.39 is 0 Å². The molecule has 0 spiro atoms. The first-order chi connectivity index (χ1) is 5.75. The molecule has 0 aliphatic rings. The first kappa shape index (κ1) is 7.23. The fourth-order valence-corrected chi connectivity index (χ4v) is 1.35. The van der Waals surface area contributed by atoms with E-state index in [0.29, 0.717) is 11.6 Å².